The summed E-state index contributed by atoms with van der Waals surface area (Å²) in [5.74, 6) is 4.47. The number of hydrogen-bond donors (Lipinski definition) is 1. The minimum atomic E-state index is -1.11. The van der Waals surface area contributed by atoms with Crippen LogP contribution in [0.4, 0.5) is 0 Å². The molecule has 2 aromatic rings. The number of pyridine rings is 1. The zero-order chi connectivity index (χ0) is 12.5. The second-order valence-corrected chi connectivity index (χ2v) is 4.55. The fourth-order valence-electron chi connectivity index (χ4n) is 2.05. The molecule has 0 amide bonds. The Labute approximate surface area is 104 Å². The zero-order valence-corrected chi connectivity index (χ0v) is 9.76. The van der Waals surface area contributed by atoms with Crippen molar-refractivity contribution in [1.82, 2.24) is 9.55 Å². The molecule has 1 saturated carbocycles. The minimum absolute atomic E-state index is 0.688. The van der Waals surface area contributed by atoms with Gasteiger partial charge in [0.2, 0.25) is 0 Å². The molecule has 1 N–H and O–H groups in total. The maximum absolute atomic E-state index is 10.5. The van der Waals surface area contributed by atoms with E-state index < -0.39 is 5.97 Å². The number of nitrogens with zero attached hydrogens (tertiary/aromatic N) is 2. The maximum atomic E-state index is 10.5. The van der Waals surface area contributed by atoms with Crippen LogP contribution in [0, 0.1) is 17.8 Å². The summed E-state index contributed by atoms with van der Waals surface area (Å²) in [6.07, 6.45) is 4.22. The van der Waals surface area contributed by atoms with Crippen LogP contribution in [-0.4, -0.2) is 20.6 Å². The van der Waals surface area contributed by atoms with Gasteiger partial charge in [-0.1, -0.05) is 0 Å². The zero-order valence-electron chi connectivity index (χ0n) is 9.76. The molecule has 1 aliphatic carbocycles. The highest BCUT2D eigenvalue weighted by atomic mass is 16.4. The number of aromatic nitrogens is 2. The monoisotopic (exact) mass is 240 g/mol. The molecule has 0 saturated heterocycles. The van der Waals surface area contributed by atoms with E-state index in [-0.39, 0.29) is 0 Å². The number of rotatable bonds is 2. The maximum Gasteiger partial charge on any atom is 0.382 e. The molecule has 0 atom stereocenters. The van der Waals surface area contributed by atoms with Crippen molar-refractivity contribution in [3.8, 4) is 11.8 Å². The van der Waals surface area contributed by atoms with Crippen molar-refractivity contribution in [3.63, 3.8) is 0 Å². The summed E-state index contributed by atoms with van der Waals surface area (Å²) < 4.78 is 2.03. The van der Waals surface area contributed by atoms with E-state index in [0.29, 0.717) is 5.92 Å². The molecule has 0 spiro atoms. The summed E-state index contributed by atoms with van der Waals surface area (Å²) in [6, 6.07) is 5.75. The molecule has 1 fully saturated rings. The van der Waals surface area contributed by atoms with Gasteiger partial charge in [-0.15, -0.1) is 0 Å². The molecule has 90 valence electrons. The predicted molar refractivity (Wildman–Crippen MR) is 67.0 cm³/mol. The lowest BCUT2D eigenvalue weighted by molar-refractivity contribution is -0.130. The third-order valence-electron chi connectivity index (χ3n) is 3.09. The number of carboxylic acids is 1. The molecule has 1 aliphatic rings. The standard InChI is InChI=1S/C14H12N2O2/c17-13(18)6-5-12-8-11-2-1-7-15-14(11)16(12)9-10-3-4-10/h1-2,7-8,10H,3-4,9H2,(H,17,18). The van der Waals surface area contributed by atoms with Crippen LogP contribution in [0.3, 0.4) is 0 Å². The van der Waals surface area contributed by atoms with Crippen molar-refractivity contribution in [2.24, 2.45) is 5.92 Å². The van der Waals surface area contributed by atoms with E-state index in [1.807, 2.05) is 22.8 Å². The van der Waals surface area contributed by atoms with Crippen molar-refractivity contribution in [1.29, 1.82) is 0 Å². The number of carbonyl (C=O) groups is 1. The van der Waals surface area contributed by atoms with Gasteiger partial charge in [-0.2, -0.15) is 0 Å². The molecule has 0 aromatic carbocycles. The van der Waals surface area contributed by atoms with Crippen molar-refractivity contribution in [2.45, 2.75) is 19.4 Å². The van der Waals surface area contributed by atoms with Crippen LogP contribution in [0.1, 0.15) is 18.5 Å². The van der Waals surface area contributed by atoms with Gasteiger partial charge in [0, 0.05) is 24.0 Å². The van der Waals surface area contributed by atoms with E-state index in [1.54, 1.807) is 6.20 Å². The normalized spacial score (nSPS) is 14.2. The Morgan fingerprint density at radius 2 is 2.39 bits per heavy atom. The molecule has 0 radical (unpaired) electrons. The van der Waals surface area contributed by atoms with Gasteiger partial charge in [-0.25, -0.2) is 9.78 Å². The summed E-state index contributed by atoms with van der Waals surface area (Å²) in [7, 11) is 0. The molecule has 0 aliphatic heterocycles. The Morgan fingerprint density at radius 3 is 3.11 bits per heavy atom. The lowest BCUT2D eigenvalue weighted by Crippen LogP contribution is -2.03. The number of hydrogen-bond acceptors (Lipinski definition) is 2. The summed E-state index contributed by atoms with van der Waals surface area (Å²) in [6.45, 7) is 0.879. The molecule has 4 heteroatoms. The highest BCUT2D eigenvalue weighted by Crippen LogP contribution is 2.32. The van der Waals surface area contributed by atoms with Crippen LogP contribution in [0.2, 0.25) is 0 Å². The lowest BCUT2D eigenvalue weighted by Gasteiger charge is -2.04. The quantitative estimate of drug-likeness (QED) is 0.815. The van der Waals surface area contributed by atoms with E-state index in [0.717, 1.165) is 23.3 Å². The van der Waals surface area contributed by atoms with E-state index in [9.17, 15) is 4.79 Å². The Hall–Kier alpha value is -2.28. The van der Waals surface area contributed by atoms with Crippen LogP contribution in [0.15, 0.2) is 24.4 Å². The number of fused-ring (bicyclic) bond motifs is 1. The summed E-state index contributed by atoms with van der Waals surface area (Å²) in [5.41, 5.74) is 1.62. The van der Waals surface area contributed by atoms with Gasteiger partial charge >= 0.3 is 5.97 Å². The first-order valence-electron chi connectivity index (χ1n) is 5.93. The van der Waals surface area contributed by atoms with Gasteiger partial charge in [0.1, 0.15) is 5.65 Å². The third-order valence-corrected chi connectivity index (χ3v) is 3.09. The summed E-state index contributed by atoms with van der Waals surface area (Å²) in [4.78, 5) is 14.9. The highest BCUT2D eigenvalue weighted by molar-refractivity contribution is 5.88. The average Bonchev–Trinajstić information content (AvgIpc) is 3.09. The van der Waals surface area contributed by atoms with Gasteiger partial charge < -0.3 is 9.67 Å². The van der Waals surface area contributed by atoms with Gasteiger partial charge in [0.25, 0.3) is 0 Å². The molecule has 4 nitrogen and oxygen atoms in total. The average molecular weight is 240 g/mol. The van der Waals surface area contributed by atoms with Crippen molar-refractivity contribution in [2.75, 3.05) is 0 Å². The number of aliphatic carboxylic acids is 1. The first-order chi connectivity index (χ1) is 8.74. The topological polar surface area (TPSA) is 55.1 Å². The third kappa shape index (κ3) is 2.07. The van der Waals surface area contributed by atoms with Crippen molar-refractivity contribution < 1.29 is 9.90 Å². The Balaban J connectivity index is 2.10. The largest absolute Gasteiger partial charge is 0.472 e. The molecule has 2 aromatic heterocycles. The minimum Gasteiger partial charge on any atom is -0.472 e. The van der Waals surface area contributed by atoms with Gasteiger partial charge in [0.05, 0.1) is 5.69 Å². The van der Waals surface area contributed by atoms with Crippen LogP contribution in [0.5, 0.6) is 0 Å². The van der Waals surface area contributed by atoms with Crippen LogP contribution >= 0.6 is 0 Å². The van der Waals surface area contributed by atoms with Gasteiger partial charge in [-0.3, -0.25) is 0 Å². The Bertz CT molecular complexity index is 672. The fraction of sp³-hybridized carbons (Fsp3) is 0.286. The Kier molecular flexibility index (Phi) is 2.52. The molecule has 0 unspecified atom stereocenters. The fourth-order valence-corrected chi connectivity index (χ4v) is 2.05. The highest BCUT2D eigenvalue weighted by Gasteiger charge is 2.23. The first-order valence-corrected chi connectivity index (χ1v) is 5.93. The van der Waals surface area contributed by atoms with Crippen molar-refractivity contribution >= 4 is 17.0 Å². The molecule has 18 heavy (non-hydrogen) atoms. The molecule has 3 rings (SSSR count). The van der Waals surface area contributed by atoms with E-state index in [2.05, 4.69) is 16.8 Å². The molecular weight excluding hydrogens is 228 g/mol. The predicted octanol–water partition coefficient (Wildman–Crippen LogP) is 1.88. The first kappa shape index (κ1) is 10.8. The van der Waals surface area contributed by atoms with Crippen LogP contribution in [-0.2, 0) is 11.3 Å². The van der Waals surface area contributed by atoms with Crippen molar-refractivity contribution in [3.05, 3.63) is 30.1 Å². The molecule has 0 bridgehead atoms. The van der Waals surface area contributed by atoms with Gasteiger partial charge in [-0.05, 0) is 42.9 Å². The summed E-state index contributed by atoms with van der Waals surface area (Å²) in [5, 5.41) is 9.64. The second kappa shape index (κ2) is 4.19. The smallest absolute Gasteiger partial charge is 0.382 e. The molecular formula is C14H12N2O2. The summed E-state index contributed by atoms with van der Waals surface area (Å²) >= 11 is 0. The van der Waals surface area contributed by atoms with Crippen LogP contribution < -0.4 is 0 Å². The Morgan fingerprint density at radius 1 is 1.56 bits per heavy atom. The second-order valence-electron chi connectivity index (χ2n) is 4.55. The molecule has 2 heterocycles. The lowest BCUT2D eigenvalue weighted by atomic mass is 10.3. The number of carboxylic acid groups (broad SMARTS) is 1. The van der Waals surface area contributed by atoms with E-state index in [1.165, 1.54) is 12.8 Å². The van der Waals surface area contributed by atoms with Crippen LogP contribution in [0.25, 0.3) is 11.0 Å². The van der Waals surface area contributed by atoms with E-state index >= 15 is 0 Å². The van der Waals surface area contributed by atoms with E-state index in [4.69, 9.17) is 5.11 Å². The van der Waals surface area contributed by atoms with Gasteiger partial charge in [0.15, 0.2) is 0 Å². The SMILES string of the molecule is O=C(O)C#Cc1cc2cccnc2n1CC1CC1.